The Bertz CT molecular complexity index is 719. The lowest BCUT2D eigenvalue weighted by Crippen LogP contribution is -2.04. The average Bonchev–Trinajstić information content (AvgIpc) is 3.08. The topological polar surface area (TPSA) is 56.7 Å². The van der Waals surface area contributed by atoms with E-state index in [-0.39, 0.29) is 0 Å². The predicted octanol–water partition coefficient (Wildman–Crippen LogP) is 3.20. The molecule has 6 heteroatoms. The summed E-state index contributed by atoms with van der Waals surface area (Å²) in [5.74, 6) is 2.09. The minimum atomic E-state index is 0.473. The first-order valence-electron chi connectivity index (χ1n) is 6.35. The molecule has 0 amide bonds. The van der Waals surface area contributed by atoms with Gasteiger partial charge in [-0.1, -0.05) is 29.7 Å². The van der Waals surface area contributed by atoms with E-state index in [0.717, 1.165) is 17.8 Å². The molecule has 3 rings (SSSR count). The van der Waals surface area contributed by atoms with Crippen LogP contribution in [0.25, 0.3) is 11.5 Å². The summed E-state index contributed by atoms with van der Waals surface area (Å²) < 4.78 is 7.28. The minimum Gasteiger partial charge on any atom is -0.334 e. The van der Waals surface area contributed by atoms with E-state index < -0.39 is 0 Å². The van der Waals surface area contributed by atoms with Gasteiger partial charge < -0.3 is 9.09 Å². The van der Waals surface area contributed by atoms with Gasteiger partial charge in [0.2, 0.25) is 0 Å². The number of hydrogen-bond donors (Lipinski definition) is 0. The third-order valence-corrected chi connectivity index (χ3v) is 3.20. The van der Waals surface area contributed by atoms with Gasteiger partial charge in [0.1, 0.15) is 5.82 Å². The highest BCUT2D eigenvalue weighted by atomic mass is 35.5. The SMILES string of the molecule is CCc1nccn1Cc1noc(-c2cccc(Cl)c2)n1. The third-order valence-electron chi connectivity index (χ3n) is 2.97. The van der Waals surface area contributed by atoms with Crippen molar-refractivity contribution in [2.45, 2.75) is 19.9 Å². The van der Waals surface area contributed by atoms with E-state index in [4.69, 9.17) is 16.1 Å². The van der Waals surface area contributed by atoms with Crippen molar-refractivity contribution in [3.05, 3.63) is 53.3 Å². The number of hydrogen-bond acceptors (Lipinski definition) is 4. The van der Waals surface area contributed by atoms with Gasteiger partial charge in [-0.05, 0) is 18.2 Å². The molecule has 0 spiro atoms. The largest absolute Gasteiger partial charge is 0.334 e. The molecule has 2 aromatic heterocycles. The molecule has 0 fully saturated rings. The van der Waals surface area contributed by atoms with E-state index in [1.807, 2.05) is 22.9 Å². The Morgan fingerprint density at radius 3 is 3.05 bits per heavy atom. The first kappa shape index (κ1) is 12.9. The van der Waals surface area contributed by atoms with Crippen LogP contribution in [0.2, 0.25) is 5.02 Å². The molecule has 3 aromatic rings. The molecule has 0 saturated carbocycles. The zero-order chi connectivity index (χ0) is 13.9. The van der Waals surface area contributed by atoms with Crippen molar-refractivity contribution in [2.75, 3.05) is 0 Å². The van der Waals surface area contributed by atoms with Crippen LogP contribution < -0.4 is 0 Å². The second-order valence-corrected chi connectivity index (χ2v) is 4.79. The molecule has 0 atom stereocenters. The van der Waals surface area contributed by atoms with E-state index in [0.29, 0.717) is 23.3 Å². The molecule has 0 saturated heterocycles. The van der Waals surface area contributed by atoms with E-state index in [1.54, 1.807) is 18.3 Å². The van der Waals surface area contributed by atoms with Crippen molar-refractivity contribution in [2.24, 2.45) is 0 Å². The highest BCUT2D eigenvalue weighted by Gasteiger charge is 2.10. The summed E-state index contributed by atoms with van der Waals surface area (Å²) in [6.45, 7) is 2.61. The van der Waals surface area contributed by atoms with Gasteiger partial charge >= 0.3 is 0 Å². The number of rotatable bonds is 4. The smallest absolute Gasteiger partial charge is 0.258 e. The number of aromatic nitrogens is 4. The maximum atomic E-state index is 5.95. The summed E-state index contributed by atoms with van der Waals surface area (Å²) in [4.78, 5) is 8.65. The normalized spacial score (nSPS) is 10.9. The maximum Gasteiger partial charge on any atom is 0.258 e. The van der Waals surface area contributed by atoms with Crippen LogP contribution in [0.1, 0.15) is 18.6 Å². The average molecular weight is 289 g/mol. The van der Waals surface area contributed by atoms with Gasteiger partial charge in [0.25, 0.3) is 5.89 Å². The van der Waals surface area contributed by atoms with Gasteiger partial charge in [-0.2, -0.15) is 4.98 Å². The predicted molar refractivity (Wildman–Crippen MR) is 75.5 cm³/mol. The second kappa shape index (κ2) is 5.46. The standard InChI is InChI=1S/C14H13ClN4O/c1-2-13-16-6-7-19(13)9-12-17-14(20-18-12)10-4-3-5-11(15)8-10/h3-8H,2,9H2,1H3. The molecule has 0 unspecified atom stereocenters. The lowest BCUT2D eigenvalue weighted by atomic mass is 10.2. The molecule has 102 valence electrons. The van der Waals surface area contributed by atoms with Crippen LogP contribution in [0, 0.1) is 0 Å². The lowest BCUT2D eigenvalue weighted by molar-refractivity contribution is 0.420. The molecule has 0 aliphatic heterocycles. The summed E-state index contributed by atoms with van der Waals surface area (Å²) >= 11 is 5.95. The monoisotopic (exact) mass is 288 g/mol. The summed E-state index contributed by atoms with van der Waals surface area (Å²) in [5.41, 5.74) is 0.817. The summed E-state index contributed by atoms with van der Waals surface area (Å²) in [7, 11) is 0. The lowest BCUT2D eigenvalue weighted by Gasteiger charge is -2.01. The number of halogens is 1. The summed E-state index contributed by atoms with van der Waals surface area (Å²) in [6.07, 6.45) is 4.55. The van der Waals surface area contributed by atoms with Crippen LogP contribution in [-0.4, -0.2) is 19.7 Å². The first-order valence-corrected chi connectivity index (χ1v) is 6.72. The fourth-order valence-corrected chi connectivity index (χ4v) is 2.20. The molecule has 0 aliphatic rings. The third kappa shape index (κ3) is 2.58. The molecular weight excluding hydrogens is 276 g/mol. The Balaban J connectivity index is 1.84. The van der Waals surface area contributed by atoms with Crippen LogP contribution in [0.3, 0.4) is 0 Å². The van der Waals surface area contributed by atoms with Gasteiger partial charge in [0, 0.05) is 29.4 Å². The van der Waals surface area contributed by atoms with Gasteiger partial charge in [-0.25, -0.2) is 4.98 Å². The van der Waals surface area contributed by atoms with Crippen molar-refractivity contribution in [3.63, 3.8) is 0 Å². The van der Waals surface area contributed by atoms with Crippen molar-refractivity contribution in [3.8, 4) is 11.5 Å². The first-order chi connectivity index (χ1) is 9.76. The molecule has 0 bridgehead atoms. The second-order valence-electron chi connectivity index (χ2n) is 4.35. The van der Waals surface area contributed by atoms with E-state index in [2.05, 4.69) is 22.0 Å². The molecule has 1 aromatic carbocycles. The Morgan fingerprint density at radius 2 is 2.25 bits per heavy atom. The van der Waals surface area contributed by atoms with Crippen molar-refractivity contribution >= 4 is 11.6 Å². The molecular formula is C14H13ClN4O. The van der Waals surface area contributed by atoms with E-state index in [9.17, 15) is 0 Å². The number of aryl methyl sites for hydroxylation is 1. The van der Waals surface area contributed by atoms with Crippen LogP contribution in [0.5, 0.6) is 0 Å². The zero-order valence-electron chi connectivity index (χ0n) is 11.0. The Morgan fingerprint density at radius 1 is 1.35 bits per heavy atom. The Hall–Kier alpha value is -2.14. The number of imidazole rings is 1. The molecule has 0 radical (unpaired) electrons. The fourth-order valence-electron chi connectivity index (χ4n) is 2.01. The molecule has 2 heterocycles. The quantitative estimate of drug-likeness (QED) is 0.740. The number of benzene rings is 1. The fraction of sp³-hybridized carbons (Fsp3) is 0.214. The van der Waals surface area contributed by atoms with Crippen LogP contribution in [0.4, 0.5) is 0 Å². The van der Waals surface area contributed by atoms with E-state index in [1.165, 1.54) is 0 Å². The maximum absolute atomic E-state index is 5.95. The molecule has 0 N–H and O–H groups in total. The highest BCUT2D eigenvalue weighted by Crippen LogP contribution is 2.21. The van der Waals surface area contributed by atoms with Crippen LogP contribution in [0.15, 0.2) is 41.2 Å². The highest BCUT2D eigenvalue weighted by molar-refractivity contribution is 6.30. The Kier molecular flexibility index (Phi) is 3.52. The van der Waals surface area contributed by atoms with Gasteiger partial charge in [0.15, 0.2) is 5.82 Å². The van der Waals surface area contributed by atoms with Crippen molar-refractivity contribution in [1.82, 2.24) is 19.7 Å². The van der Waals surface area contributed by atoms with Crippen molar-refractivity contribution in [1.29, 1.82) is 0 Å². The molecule has 20 heavy (non-hydrogen) atoms. The van der Waals surface area contributed by atoms with Crippen LogP contribution in [-0.2, 0) is 13.0 Å². The van der Waals surface area contributed by atoms with E-state index >= 15 is 0 Å². The van der Waals surface area contributed by atoms with Gasteiger partial charge in [-0.3, -0.25) is 0 Å². The van der Waals surface area contributed by atoms with Crippen molar-refractivity contribution < 1.29 is 4.52 Å². The molecule has 0 aliphatic carbocycles. The summed E-state index contributed by atoms with van der Waals surface area (Å²) in [6, 6.07) is 7.35. The van der Waals surface area contributed by atoms with Crippen LogP contribution >= 0.6 is 11.6 Å². The van der Waals surface area contributed by atoms with Gasteiger partial charge in [-0.15, -0.1) is 0 Å². The zero-order valence-corrected chi connectivity index (χ0v) is 11.7. The number of nitrogens with zero attached hydrogens (tertiary/aromatic N) is 4. The Labute approximate surface area is 121 Å². The van der Waals surface area contributed by atoms with Gasteiger partial charge in [0.05, 0.1) is 6.54 Å². The molecule has 5 nitrogen and oxygen atoms in total. The summed E-state index contributed by atoms with van der Waals surface area (Å²) in [5, 5.41) is 4.64. The minimum absolute atomic E-state index is 0.473.